The number of carbonyl (C=O) groups excluding carboxylic acids is 2. The average Bonchev–Trinajstić information content (AvgIpc) is 2.60. The second-order valence-corrected chi connectivity index (χ2v) is 4.60. The van der Waals surface area contributed by atoms with E-state index in [9.17, 15) is 14.4 Å². The molecule has 0 bridgehead atoms. The molecule has 7 heteroatoms. The Labute approximate surface area is 112 Å². The lowest BCUT2D eigenvalue weighted by atomic mass is 10.2. The van der Waals surface area contributed by atoms with Crippen molar-refractivity contribution in [3.05, 3.63) is 0 Å². The fraction of sp³-hybridized carbons (Fsp3) is 0.750. The molecular weight excluding hydrogens is 250 g/mol. The Balaban J connectivity index is 2.53. The molecule has 0 unspecified atom stereocenters. The molecule has 1 rings (SSSR count). The van der Waals surface area contributed by atoms with E-state index in [-0.39, 0.29) is 11.9 Å². The molecule has 1 fully saturated rings. The van der Waals surface area contributed by atoms with Crippen molar-refractivity contribution in [1.82, 2.24) is 15.1 Å². The molecule has 0 saturated carbocycles. The third-order valence-corrected chi connectivity index (χ3v) is 3.23. The first-order valence-corrected chi connectivity index (χ1v) is 6.49. The first-order valence-electron chi connectivity index (χ1n) is 6.49. The molecule has 1 atom stereocenters. The van der Waals surface area contributed by atoms with Crippen LogP contribution in [0.15, 0.2) is 0 Å². The average molecular weight is 271 g/mol. The van der Waals surface area contributed by atoms with Crippen LogP contribution in [0.4, 0.5) is 4.79 Å². The van der Waals surface area contributed by atoms with Gasteiger partial charge in [-0.2, -0.15) is 0 Å². The summed E-state index contributed by atoms with van der Waals surface area (Å²) < 4.78 is 0. The maximum atomic E-state index is 11.9. The molecule has 0 aromatic heterocycles. The van der Waals surface area contributed by atoms with Gasteiger partial charge in [-0.1, -0.05) is 6.92 Å². The second-order valence-electron chi connectivity index (χ2n) is 4.60. The Morgan fingerprint density at radius 3 is 2.26 bits per heavy atom. The van der Waals surface area contributed by atoms with E-state index in [1.807, 2.05) is 0 Å². The van der Waals surface area contributed by atoms with Crippen LogP contribution in [-0.2, 0) is 9.59 Å². The lowest BCUT2D eigenvalue weighted by Crippen LogP contribution is -2.48. The highest BCUT2D eigenvalue weighted by Gasteiger charge is 2.24. The van der Waals surface area contributed by atoms with Gasteiger partial charge in [0.25, 0.3) is 0 Å². The van der Waals surface area contributed by atoms with Crippen LogP contribution >= 0.6 is 0 Å². The molecule has 0 aliphatic carbocycles. The number of aliphatic carboxylic acids is 1. The summed E-state index contributed by atoms with van der Waals surface area (Å²) in [7, 11) is 0. The van der Waals surface area contributed by atoms with Crippen LogP contribution in [0, 0.1) is 0 Å². The maximum Gasteiger partial charge on any atom is 0.326 e. The van der Waals surface area contributed by atoms with Crippen LogP contribution in [0.3, 0.4) is 0 Å². The van der Waals surface area contributed by atoms with Gasteiger partial charge in [0.15, 0.2) is 0 Å². The molecule has 1 saturated heterocycles. The monoisotopic (exact) mass is 271 g/mol. The Morgan fingerprint density at radius 1 is 1.16 bits per heavy atom. The summed E-state index contributed by atoms with van der Waals surface area (Å²) >= 11 is 0. The molecule has 3 amide bonds. The predicted octanol–water partition coefficient (Wildman–Crippen LogP) is 0.113. The SMILES string of the molecule is CC[C@@H](NC(=O)N1CCCN(C(C)=O)CC1)C(=O)O. The number of carbonyl (C=O) groups is 3. The quantitative estimate of drug-likeness (QED) is 0.762. The minimum absolute atomic E-state index is 0.000714. The van der Waals surface area contributed by atoms with Crippen molar-refractivity contribution in [1.29, 1.82) is 0 Å². The predicted molar refractivity (Wildman–Crippen MR) is 68.7 cm³/mol. The highest BCUT2D eigenvalue weighted by Crippen LogP contribution is 2.04. The minimum Gasteiger partial charge on any atom is -0.480 e. The van der Waals surface area contributed by atoms with Gasteiger partial charge in [-0.3, -0.25) is 4.79 Å². The van der Waals surface area contributed by atoms with Gasteiger partial charge in [0.1, 0.15) is 6.04 Å². The van der Waals surface area contributed by atoms with Crippen LogP contribution in [0.1, 0.15) is 26.7 Å². The van der Waals surface area contributed by atoms with E-state index in [4.69, 9.17) is 5.11 Å². The second kappa shape index (κ2) is 6.96. The summed E-state index contributed by atoms with van der Waals surface area (Å²) in [5.74, 6) is -1.03. The zero-order valence-electron chi connectivity index (χ0n) is 11.4. The number of hydrogen-bond acceptors (Lipinski definition) is 3. The zero-order chi connectivity index (χ0) is 14.4. The lowest BCUT2D eigenvalue weighted by Gasteiger charge is -2.23. The van der Waals surface area contributed by atoms with Gasteiger partial charge >= 0.3 is 12.0 Å². The van der Waals surface area contributed by atoms with Crippen molar-refractivity contribution in [2.75, 3.05) is 26.2 Å². The maximum absolute atomic E-state index is 11.9. The van der Waals surface area contributed by atoms with Crippen LogP contribution in [-0.4, -0.2) is 65.0 Å². The van der Waals surface area contributed by atoms with Gasteiger partial charge < -0.3 is 20.2 Å². The minimum atomic E-state index is -1.03. The van der Waals surface area contributed by atoms with Crippen molar-refractivity contribution < 1.29 is 19.5 Å². The van der Waals surface area contributed by atoms with Crippen LogP contribution < -0.4 is 5.32 Å². The molecule has 2 N–H and O–H groups in total. The summed E-state index contributed by atoms with van der Waals surface area (Å²) in [6.07, 6.45) is 1.05. The highest BCUT2D eigenvalue weighted by molar-refractivity contribution is 5.82. The molecule has 0 radical (unpaired) electrons. The number of nitrogens with zero attached hydrogens (tertiary/aromatic N) is 2. The molecule has 0 aromatic carbocycles. The zero-order valence-corrected chi connectivity index (χ0v) is 11.4. The van der Waals surface area contributed by atoms with Gasteiger partial charge in [-0.25, -0.2) is 9.59 Å². The van der Waals surface area contributed by atoms with Crippen LogP contribution in [0.5, 0.6) is 0 Å². The number of rotatable bonds is 3. The van der Waals surface area contributed by atoms with Gasteiger partial charge in [0.2, 0.25) is 5.91 Å². The van der Waals surface area contributed by atoms with E-state index < -0.39 is 12.0 Å². The van der Waals surface area contributed by atoms with E-state index in [1.165, 1.54) is 6.92 Å². The van der Waals surface area contributed by atoms with Gasteiger partial charge in [0.05, 0.1) is 0 Å². The molecule has 108 valence electrons. The van der Waals surface area contributed by atoms with Crippen molar-refractivity contribution in [3.63, 3.8) is 0 Å². The van der Waals surface area contributed by atoms with Gasteiger partial charge in [0, 0.05) is 33.1 Å². The summed E-state index contributed by atoms with van der Waals surface area (Å²) in [6, 6.07) is -1.24. The first kappa shape index (κ1) is 15.3. The molecule has 19 heavy (non-hydrogen) atoms. The molecular formula is C12H21N3O4. The summed E-state index contributed by atoms with van der Waals surface area (Å²) in [5.41, 5.74) is 0. The number of hydrogen-bond donors (Lipinski definition) is 2. The van der Waals surface area contributed by atoms with Gasteiger partial charge in [-0.05, 0) is 12.8 Å². The topological polar surface area (TPSA) is 90.0 Å². The van der Waals surface area contributed by atoms with Crippen LogP contribution in [0.25, 0.3) is 0 Å². The van der Waals surface area contributed by atoms with E-state index >= 15 is 0 Å². The molecule has 1 aliphatic heterocycles. The fourth-order valence-corrected chi connectivity index (χ4v) is 2.01. The Kier molecular flexibility index (Phi) is 5.59. The molecule has 7 nitrogen and oxygen atoms in total. The number of urea groups is 1. The third kappa shape index (κ3) is 4.42. The lowest BCUT2D eigenvalue weighted by molar-refractivity contribution is -0.139. The third-order valence-electron chi connectivity index (χ3n) is 3.23. The van der Waals surface area contributed by atoms with E-state index in [2.05, 4.69) is 5.32 Å². The van der Waals surface area contributed by atoms with Crippen molar-refractivity contribution >= 4 is 17.9 Å². The molecule has 1 aliphatic rings. The van der Waals surface area contributed by atoms with Crippen molar-refractivity contribution in [2.45, 2.75) is 32.7 Å². The Morgan fingerprint density at radius 2 is 1.74 bits per heavy atom. The highest BCUT2D eigenvalue weighted by atomic mass is 16.4. The number of carboxylic acids is 1. The Hall–Kier alpha value is -1.79. The fourth-order valence-electron chi connectivity index (χ4n) is 2.01. The van der Waals surface area contributed by atoms with E-state index in [0.717, 1.165) is 0 Å². The summed E-state index contributed by atoms with van der Waals surface area (Å²) in [5, 5.41) is 11.4. The number of amides is 3. The summed E-state index contributed by atoms with van der Waals surface area (Å²) in [4.78, 5) is 37.4. The smallest absolute Gasteiger partial charge is 0.326 e. The molecule has 1 heterocycles. The van der Waals surface area contributed by atoms with Gasteiger partial charge in [-0.15, -0.1) is 0 Å². The van der Waals surface area contributed by atoms with E-state index in [1.54, 1.807) is 16.7 Å². The summed E-state index contributed by atoms with van der Waals surface area (Å²) in [6.45, 7) is 5.31. The molecule has 0 aromatic rings. The largest absolute Gasteiger partial charge is 0.480 e. The van der Waals surface area contributed by atoms with Crippen LogP contribution in [0.2, 0.25) is 0 Å². The van der Waals surface area contributed by atoms with E-state index in [0.29, 0.717) is 39.0 Å². The van der Waals surface area contributed by atoms with Crippen molar-refractivity contribution in [3.8, 4) is 0 Å². The first-order chi connectivity index (χ1) is 8.95. The number of carboxylic acid groups (broad SMARTS) is 1. The number of nitrogens with one attached hydrogen (secondary N) is 1. The standard InChI is InChI=1S/C12H21N3O4/c1-3-10(11(17)18)13-12(19)15-6-4-5-14(7-8-15)9(2)16/h10H,3-8H2,1-2H3,(H,13,19)(H,17,18)/t10-/m1/s1. The Bertz CT molecular complexity index is 359. The normalized spacial score (nSPS) is 17.6. The molecule has 0 spiro atoms. The van der Waals surface area contributed by atoms with Crippen molar-refractivity contribution in [2.24, 2.45) is 0 Å².